The minimum absolute atomic E-state index is 0.383. The van der Waals surface area contributed by atoms with E-state index in [9.17, 15) is 0 Å². The van der Waals surface area contributed by atoms with Crippen LogP contribution in [0.3, 0.4) is 0 Å². The van der Waals surface area contributed by atoms with Crippen LogP contribution >= 0.6 is 11.6 Å². The maximum absolute atomic E-state index is 6.40. The monoisotopic (exact) mass is 384 g/mol. The number of halogens is 1. The molecule has 1 aromatic carbocycles. The number of rotatable bonds is 3. The summed E-state index contributed by atoms with van der Waals surface area (Å²) >= 11 is 6.40. The van der Waals surface area contributed by atoms with Gasteiger partial charge in [-0.1, -0.05) is 30.3 Å². The van der Waals surface area contributed by atoms with E-state index < -0.39 is 0 Å². The Balaban J connectivity index is 1.46. The van der Waals surface area contributed by atoms with E-state index in [0.717, 1.165) is 29.2 Å². The number of hydrogen-bond acceptors (Lipinski definition) is 3. The molecule has 2 aliphatic heterocycles. The molecule has 0 radical (unpaired) electrons. The highest BCUT2D eigenvalue weighted by Gasteiger charge is 2.50. The van der Waals surface area contributed by atoms with Gasteiger partial charge in [0.15, 0.2) is 11.7 Å². The lowest BCUT2D eigenvalue weighted by atomic mass is 9.68. The van der Waals surface area contributed by atoms with E-state index in [1.165, 1.54) is 44.9 Å². The molecule has 0 N–H and O–H groups in total. The summed E-state index contributed by atoms with van der Waals surface area (Å²) in [5.41, 5.74) is 1.11. The zero-order valence-corrected chi connectivity index (χ0v) is 16.8. The van der Waals surface area contributed by atoms with Crippen LogP contribution in [-0.2, 0) is 0 Å². The molecular formula is C23H29ClN2O. The summed E-state index contributed by atoms with van der Waals surface area (Å²) < 4.78 is 6.39. The summed E-state index contributed by atoms with van der Waals surface area (Å²) in [4.78, 5) is 7.42. The van der Waals surface area contributed by atoms with Crippen LogP contribution in [0.1, 0.15) is 56.8 Å². The molecule has 0 amide bonds. The zero-order chi connectivity index (χ0) is 18.4. The van der Waals surface area contributed by atoms with E-state index in [0.29, 0.717) is 23.3 Å². The number of aromatic nitrogens is 1. The average molecular weight is 385 g/mol. The number of oxazole rings is 1. The Kier molecular flexibility index (Phi) is 4.77. The van der Waals surface area contributed by atoms with Gasteiger partial charge in [-0.2, -0.15) is 0 Å². The van der Waals surface area contributed by atoms with Crippen molar-refractivity contribution in [3.8, 4) is 11.3 Å². The lowest BCUT2D eigenvalue weighted by molar-refractivity contribution is 0.0526. The molecule has 4 atom stereocenters. The highest BCUT2D eigenvalue weighted by molar-refractivity contribution is 6.20. The first-order valence-corrected chi connectivity index (χ1v) is 11.0. The Hall–Kier alpha value is -1.32. The summed E-state index contributed by atoms with van der Waals surface area (Å²) in [6.07, 6.45) is 10.7. The van der Waals surface area contributed by atoms with Crippen molar-refractivity contribution in [2.24, 2.45) is 11.8 Å². The van der Waals surface area contributed by atoms with Crippen molar-refractivity contribution < 1.29 is 4.42 Å². The predicted octanol–water partition coefficient (Wildman–Crippen LogP) is 5.71. The molecule has 1 aliphatic carbocycles. The van der Waals surface area contributed by atoms with Gasteiger partial charge in [0.25, 0.3) is 0 Å². The molecule has 3 nitrogen and oxygen atoms in total. The third kappa shape index (κ3) is 3.23. The van der Waals surface area contributed by atoms with Gasteiger partial charge in [-0.15, -0.1) is 11.6 Å². The van der Waals surface area contributed by atoms with Crippen LogP contribution in [0.2, 0.25) is 0 Å². The summed E-state index contributed by atoms with van der Waals surface area (Å²) in [6.45, 7) is 0. The minimum Gasteiger partial charge on any atom is -0.440 e. The molecule has 1 saturated carbocycles. The SMILES string of the molecule is CN1C2CC[C@@H]1C[C@H](C1CCC(Cl)CC1)C2c1ncc(-c2ccccc2)o1. The second kappa shape index (κ2) is 7.25. The smallest absolute Gasteiger partial charge is 0.199 e. The van der Waals surface area contributed by atoms with Crippen LogP contribution in [0.15, 0.2) is 40.9 Å². The molecule has 1 aromatic heterocycles. The number of benzene rings is 1. The summed E-state index contributed by atoms with van der Waals surface area (Å²) in [7, 11) is 2.31. The molecule has 0 spiro atoms. The summed E-state index contributed by atoms with van der Waals surface area (Å²) in [6, 6.07) is 11.7. The van der Waals surface area contributed by atoms with Crippen LogP contribution < -0.4 is 0 Å². The van der Waals surface area contributed by atoms with Crippen molar-refractivity contribution in [2.45, 2.75) is 68.3 Å². The number of nitrogens with zero attached hydrogens (tertiary/aromatic N) is 2. The summed E-state index contributed by atoms with van der Waals surface area (Å²) in [5, 5.41) is 0.383. The Morgan fingerprint density at radius 2 is 1.81 bits per heavy atom. The van der Waals surface area contributed by atoms with Crippen molar-refractivity contribution in [1.29, 1.82) is 0 Å². The Bertz CT molecular complexity index is 768. The van der Waals surface area contributed by atoms with E-state index in [-0.39, 0.29) is 0 Å². The predicted molar refractivity (Wildman–Crippen MR) is 109 cm³/mol. The largest absolute Gasteiger partial charge is 0.440 e. The van der Waals surface area contributed by atoms with Crippen molar-refractivity contribution in [2.75, 3.05) is 7.05 Å². The van der Waals surface area contributed by atoms with Crippen molar-refractivity contribution in [3.63, 3.8) is 0 Å². The number of likely N-dealkylation sites (N-methyl/N-ethyl adjacent to an activating group) is 1. The van der Waals surface area contributed by atoms with Gasteiger partial charge < -0.3 is 4.42 Å². The molecule has 2 bridgehead atoms. The van der Waals surface area contributed by atoms with Gasteiger partial charge in [-0.05, 0) is 63.8 Å². The fraction of sp³-hybridized carbons (Fsp3) is 0.609. The quantitative estimate of drug-likeness (QED) is 0.635. The molecule has 3 aliphatic rings. The van der Waals surface area contributed by atoms with Crippen molar-refractivity contribution in [3.05, 3.63) is 42.4 Å². The van der Waals surface area contributed by atoms with E-state index in [2.05, 4.69) is 36.2 Å². The van der Waals surface area contributed by atoms with Gasteiger partial charge in [0.2, 0.25) is 0 Å². The standard InChI is InChI=1S/C23H29ClN2O/c1-26-18-11-12-20(26)22(19(13-18)15-7-9-17(24)10-8-15)23-25-14-21(27-23)16-5-3-2-4-6-16/h2-6,14-15,17-20,22H,7-13H2,1H3/t15?,17?,18-,19-,20?,22?/m1/s1. The highest BCUT2D eigenvalue weighted by atomic mass is 35.5. The van der Waals surface area contributed by atoms with Gasteiger partial charge in [-0.3, -0.25) is 4.90 Å². The normalized spacial score (nSPS) is 36.8. The second-order valence-electron chi connectivity index (χ2n) is 8.83. The Morgan fingerprint density at radius 3 is 2.59 bits per heavy atom. The highest BCUT2D eigenvalue weighted by Crippen LogP contribution is 2.52. The molecule has 2 unspecified atom stereocenters. The minimum atomic E-state index is 0.383. The van der Waals surface area contributed by atoms with E-state index in [1.54, 1.807) is 0 Å². The van der Waals surface area contributed by atoms with E-state index >= 15 is 0 Å². The molecule has 27 heavy (non-hydrogen) atoms. The lowest BCUT2D eigenvalue weighted by Crippen LogP contribution is -2.47. The van der Waals surface area contributed by atoms with Gasteiger partial charge in [0.1, 0.15) is 0 Å². The summed E-state index contributed by atoms with van der Waals surface area (Å²) in [5.74, 6) is 3.74. The zero-order valence-electron chi connectivity index (χ0n) is 16.1. The van der Waals surface area contributed by atoms with Gasteiger partial charge >= 0.3 is 0 Å². The fourth-order valence-corrected chi connectivity index (χ4v) is 6.27. The van der Waals surface area contributed by atoms with Gasteiger partial charge in [0.05, 0.1) is 12.1 Å². The molecule has 144 valence electrons. The molecule has 5 rings (SSSR count). The van der Waals surface area contributed by atoms with Crippen LogP contribution in [0.5, 0.6) is 0 Å². The van der Waals surface area contributed by atoms with Gasteiger partial charge in [0, 0.05) is 23.0 Å². The molecular weight excluding hydrogens is 356 g/mol. The molecule has 2 aromatic rings. The molecule has 3 heterocycles. The number of hydrogen-bond donors (Lipinski definition) is 0. The van der Waals surface area contributed by atoms with E-state index in [1.807, 2.05) is 12.3 Å². The molecule has 3 fully saturated rings. The first-order valence-electron chi connectivity index (χ1n) is 10.6. The maximum atomic E-state index is 6.40. The number of alkyl halides is 1. The first kappa shape index (κ1) is 17.8. The lowest BCUT2D eigenvalue weighted by Gasteiger charge is -2.46. The van der Waals surface area contributed by atoms with Crippen LogP contribution in [0.25, 0.3) is 11.3 Å². The second-order valence-corrected chi connectivity index (χ2v) is 9.45. The fourth-order valence-electron chi connectivity index (χ4n) is 6.02. The number of piperidine rings is 1. The van der Waals surface area contributed by atoms with Crippen LogP contribution in [0.4, 0.5) is 0 Å². The third-order valence-corrected chi connectivity index (χ3v) is 7.93. The van der Waals surface area contributed by atoms with Crippen molar-refractivity contribution in [1.82, 2.24) is 9.88 Å². The third-order valence-electron chi connectivity index (χ3n) is 7.49. The number of fused-ring (bicyclic) bond motifs is 2. The van der Waals surface area contributed by atoms with E-state index in [4.69, 9.17) is 21.0 Å². The Morgan fingerprint density at radius 1 is 1.04 bits per heavy atom. The molecule has 4 heteroatoms. The topological polar surface area (TPSA) is 29.3 Å². The van der Waals surface area contributed by atoms with Crippen molar-refractivity contribution >= 4 is 11.6 Å². The average Bonchev–Trinajstić information content (AvgIpc) is 3.26. The maximum Gasteiger partial charge on any atom is 0.199 e. The van der Waals surface area contributed by atoms with Crippen LogP contribution in [0, 0.1) is 11.8 Å². The molecule has 2 saturated heterocycles. The Labute approximate surface area is 167 Å². The first-order chi connectivity index (χ1) is 13.2. The van der Waals surface area contributed by atoms with Gasteiger partial charge in [-0.25, -0.2) is 4.98 Å². The van der Waals surface area contributed by atoms with Crippen LogP contribution in [-0.4, -0.2) is 34.4 Å².